The van der Waals surface area contributed by atoms with Crippen LogP contribution in [0.25, 0.3) is 0 Å². The quantitative estimate of drug-likeness (QED) is 0.715. The zero-order chi connectivity index (χ0) is 10.2. The number of nitrogens with two attached hydrogens (primary N) is 1. The third-order valence-electron chi connectivity index (χ3n) is 2.31. The Kier molecular flexibility index (Phi) is 4.93. The van der Waals surface area contributed by atoms with Gasteiger partial charge in [-0.05, 0) is 24.9 Å². The fourth-order valence-electron chi connectivity index (χ4n) is 1.33. The molecule has 0 spiro atoms. The van der Waals surface area contributed by atoms with Crippen LogP contribution in [0.4, 0.5) is 5.82 Å². The molecule has 0 aromatic carbocycles. The molecule has 0 bridgehead atoms. The molecule has 4 heteroatoms. The van der Waals surface area contributed by atoms with Gasteiger partial charge in [0.05, 0.1) is 0 Å². The maximum absolute atomic E-state index is 5.52. The lowest BCUT2D eigenvalue weighted by Crippen LogP contribution is -2.17. The number of rotatable bonds is 6. The van der Waals surface area contributed by atoms with Gasteiger partial charge in [0, 0.05) is 12.7 Å². The monoisotopic (exact) mass is 194 g/mol. The van der Waals surface area contributed by atoms with Crippen LogP contribution in [0, 0.1) is 5.92 Å². The number of aromatic nitrogens is 2. The first-order valence-electron chi connectivity index (χ1n) is 5.06. The largest absolute Gasteiger partial charge is 0.370 e. The van der Waals surface area contributed by atoms with E-state index in [4.69, 9.17) is 5.73 Å². The van der Waals surface area contributed by atoms with Gasteiger partial charge in [0.15, 0.2) is 0 Å². The second-order valence-electron chi connectivity index (χ2n) is 3.33. The number of hydrogen-bond donors (Lipinski definition) is 2. The van der Waals surface area contributed by atoms with Crippen molar-refractivity contribution in [2.75, 3.05) is 18.4 Å². The van der Waals surface area contributed by atoms with Crippen LogP contribution < -0.4 is 11.1 Å². The van der Waals surface area contributed by atoms with Crippen LogP contribution in [0.5, 0.6) is 0 Å². The van der Waals surface area contributed by atoms with E-state index in [9.17, 15) is 0 Å². The number of hydrogen-bond acceptors (Lipinski definition) is 4. The van der Waals surface area contributed by atoms with Crippen molar-refractivity contribution < 1.29 is 0 Å². The first-order chi connectivity index (χ1) is 6.86. The summed E-state index contributed by atoms with van der Waals surface area (Å²) in [4.78, 5) is 7.95. The molecule has 0 fully saturated rings. The molecule has 0 amide bonds. The third kappa shape index (κ3) is 3.70. The first-order valence-corrected chi connectivity index (χ1v) is 5.06. The normalized spacial score (nSPS) is 12.4. The smallest absolute Gasteiger partial charge is 0.129 e. The Labute approximate surface area is 85.0 Å². The Hall–Kier alpha value is -1.16. The molecule has 1 atom stereocenters. The van der Waals surface area contributed by atoms with E-state index < -0.39 is 0 Å². The van der Waals surface area contributed by atoms with Gasteiger partial charge in [-0.1, -0.05) is 13.3 Å². The molecule has 1 aromatic heterocycles. The van der Waals surface area contributed by atoms with Crippen molar-refractivity contribution >= 4 is 5.82 Å². The zero-order valence-electron chi connectivity index (χ0n) is 8.61. The zero-order valence-corrected chi connectivity index (χ0v) is 8.61. The van der Waals surface area contributed by atoms with Crippen molar-refractivity contribution in [3.05, 3.63) is 18.6 Å². The third-order valence-corrected chi connectivity index (χ3v) is 2.31. The van der Waals surface area contributed by atoms with Gasteiger partial charge in [-0.3, -0.25) is 0 Å². The van der Waals surface area contributed by atoms with Crippen molar-refractivity contribution in [1.82, 2.24) is 9.97 Å². The van der Waals surface area contributed by atoms with Crippen molar-refractivity contribution in [3.8, 4) is 0 Å². The topological polar surface area (TPSA) is 63.8 Å². The second-order valence-corrected chi connectivity index (χ2v) is 3.33. The van der Waals surface area contributed by atoms with Crippen molar-refractivity contribution in [2.45, 2.75) is 19.8 Å². The summed E-state index contributed by atoms with van der Waals surface area (Å²) in [5.41, 5.74) is 5.52. The summed E-state index contributed by atoms with van der Waals surface area (Å²) in [6.07, 6.45) is 5.50. The molecule has 0 saturated carbocycles. The van der Waals surface area contributed by atoms with Crippen LogP contribution in [-0.2, 0) is 0 Å². The predicted molar refractivity (Wildman–Crippen MR) is 58.0 cm³/mol. The summed E-state index contributed by atoms with van der Waals surface area (Å²) in [7, 11) is 0. The molecule has 0 aliphatic heterocycles. The highest BCUT2D eigenvalue weighted by molar-refractivity contribution is 5.31. The molecule has 0 saturated heterocycles. The molecule has 4 nitrogen and oxygen atoms in total. The molecule has 1 rings (SSSR count). The van der Waals surface area contributed by atoms with Gasteiger partial charge in [-0.2, -0.15) is 0 Å². The van der Waals surface area contributed by atoms with E-state index in [0.717, 1.165) is 31.7 Å². The molecule has 1 unspecified atom stereocenters. The Morgan fingerprint density at radius 3 is 3.00 bits per heavy atom. The van der Waals surface area contributed by atoms with Gasteiger partial charge in [0.1, 0.15) is 12.1 Å². The van der Waals surface area contributed by atoms with Gasteiger partial charge >= 0.3 is 0 Å². The van der Waals surface area contributed by atoms with E-state index in [-0.39, 0.29) is 0 Å². The van der Waals surface area contributed by atoms with E-state index in [2.05, 4.69) is 22.2 Å². The van der Waals surface area contributed by atoms with Crippen molar-refractivity contribution in [3.63, 3.8) is 0 Å². The van der Waals surface area contributed by atoms with Gasteiger partial charge in [0.2, 0.25) is 0 Å². The number of nitrogens with zero attached hydrogens (tertiary/aromatic N) is 2. The van der Waals surface area contributed by atoms with Crippen LogP contribution in [-0.4, -0.2) is 23.1 Å². The molecule has 78 valence electrons. The van der Waals surface area contributed by atoms with Crippen molar-refractivity contribution in [1.29, 1.82) is 0 Å². The lowest BCUT2D eigenvalue weighted by atomic mass is 10.0. The standard InChI is InChI=1S/C10H18N4/c1-2-9(3-5-11)7-13-10-4-6-12-8-14-10/h4,6,8-9H,2-3,5,7,11H2,1H3,(H,12,13,14). The minimum atomic E-state index is 0.634. The highest BCUT2D eigenvalue weighted by atomic mass is 15.0. The van der Waals surface area contributed by atoms with E-state index in [0.29, 0.717) is 5.92 Å². The fourth-order valence-corrected chi connectivity index (χ4v) is 1.33. The van der Waals surface area contributed by atoms with Gasteiger partial charge < -0.3 is 11.1 Å². The SMILES string of the molecule is CCC(CCN)CNc1ccncn1. The van der Waals surface area contributed by atoms with E-state index in [1.54, 1.807) is 12.5 Å². The molecule has 1 aromatic rings. The fraction of sp³-hybridized carbons (Fsp3) is 0.600. The molecule has 14 heavy (non-hydrogen) atoms. The van der Waals surface area contributed by atoms with Crippen LogP contribution in [0.3, 0.4) is 0 Å². The Bertz CT molecular complexity index is 237. The van der Waals surface area contributed by atoms with Crippen molar-refractivity contribution in [2.24, 2.45) is 11.7 Å². The van der Waals surface area contributed by atoms with E-state index in [1.165, 1.54) is 0 Å². The van der Waals surface area contributed by atoms with E-state index in [1.807, 2.05) is 6.07 Å². The summed E-state index contributed by atoms with van der Waals surface area (Å²) in [6.45, 7) is 3.87. The van der Waals surface area contributed by atoms with Crippen LogP contribution in [0.1, 0.15) is 19.8 Å². The molecular formula is C10H18N4. The number of anilines is 1. The summed E-state index contributed by atoms with van der Waals surface area (Å²) < 4.78 is 0. The van der Waals surface area contributed by atoms with Crippen LogP contribution >= 0.6 is 0 Å². The average Bonchev–Trinajstić information content (AvgIpc) is 2.25. The molecule has 3 N–H and O–H groups in total. The lowest BCUT2D eigenvalue weighted by Gasteiger charge is -2.14. The molecule has 1 heterocycles. The minimum Gasteiger partial charge on any atom is -0.370 e. The maximum atomic E-state index is 5.52. The van der Waals surface area contributed by atoms with Crippen LogP contribution in [0.2, 0.25) is 0 Å². The average molecular weight is 194 g/mol. The summed E-state index contributed by atoms with van der Waals surface area (Å²) in [5.74, 6) is 1.52. The van der Waals surface area contributed by atoms with Gasteiger partial charge in [-0.15, -0.1) is 0 Å². The summed E-state index contributed by atoms with van der Waals surface area (Å²) >= 11 is 0. The van der Waals surface area contributed by atoms with E-state index >= 15 is 0 Å². The molecular weight excluding hydrogens is 176 g/mol. The Morgan fingerprint density at radius 1 is 1.57 bits per heavy atom. The highest BCUT2D eigenvalue weighted by Crippen LogP contribution is 2.08. The lowest BCUT2D eigenvalue weighted by molar-refractivity contribution is 0.501. The minimum absolute atomic E-state index is 0.634. The predicted octanol–water partition coefficient (Wildman–Crippen LogP) is 1.26. The Morgan fingerprint density at radius 2 is 2.43 bits per heavy atom. The molecule has 0 radical (unpaired) electrons. The summed E-state index contributed by atoms with van der Waals surface area (Å²) in [5, 5.41) is 3.27. The molecule has 0 aliphatic carbocycles. The second kappa shape index (κ2) is 6.32. The number of nitrogens with one attached hydrogen (secondary N) is 1. The highest BCUT2D eigenvalue weighted by Gasteiger charge is 2.04. The van der Waals surface area contributed by atoms with Gasteiger partial charge in [-0.25, -0.2) is 9.97 Å². The Balaban J connectivity index is 2.32. The first kappa shape index (κ1) is 10.9. The summed E-state index contributed by atoms with van der Waals surface area (Å²) in [6, 6.07) is 1.87. The van der Waals surface area contributed by atoms with Gasteiger partial charge in [0.25, 0.3) is 0 Å². The maximum Gasteiger partial charge on any atom is 0.129 e. The molecule has 0 aliphatic rings. The van der Waals surface area contributed by atoms with Crippen LogP contribution in [0.15, 0.2) is 18.6 Å².